The van der Waals surface area contributed by atoms with Gasteiger partial charge in [-0.15, -0.1) is 0 Å². The molecule has 0 aromatic carbocycles. The Morgan fingerprint density at radius 2 is 2.04 bits per heavy atom. The molecule has 0 aliphatic carbocycles. The largest absolute Gasteiger partial charge is 0.352 e. The SMILES string of the molecule is CCCC(C)n1c(=O)nc2n(Cc3ccc(Cl)nc3)cccc-2c1=O. The number of pyridine rings is 2. The number of halogens is 1. The average molecular weight is 359 g/mol. The van der Waals surface area contributed by atoms with Gasteiger partial charge in [0.15, 0.2) is 5.82 Å². The smallest absolute Gasteiger partial charge is 0.328 e. The molecule has 0 N–H and O–H groups in total. The summed E-state index contributed by atoms with van der Waals surface area (Å²) < 4.78 is 3.03. The van der Waals surface area contributed by atoms with Crippen LogP contribution in [-0.2, 0) is 6.54 Å². The Kier molecular flexibility index (Phi) is 4.99. The molecule has 0 saturated carbocycles. The molecular formula is C18H19ClN4O2. The average Bonchev–Trinajstić information content (AvgIpc) is 2.58. The number of rotatable bonds is 5. The first kappa shape index (κ1) is 17.4. The Hall–Kier alpha value is -2.47. The number of hydrogen-bond acceptors (Lipinski definition) is 4. The monoisotopic (exact) mass is 358 g/mol. The van der Waals surface area contributed by atoms with Crippen molar-refractivity contribution in [2.24, 2.45) is 0 Å². The molecule has 0 radical (unpaired) electrons. The zero-order valence-electron chi connectivity index (χ0n) is 14.1. The van der Waals surface area contributed by atoms with E-state index in [1.54, 1.807) is 35.2 Å². The Morgan fingerprint density at radius 3 is 2.72 bits per heavy atom. The van der Waals surface area contributed by atoms with Crippen LogP contribution in [0.2, 0.25) is 5.15 Å². The fourth-order valence-electron chi connectivity index (χ4n) is 2.96. The maximum absolute atomic E-state index is 12.8. The molecule has 3 rings (SSSR count). The van der Waals surface area contributed by atoms with Gasteiger partial charge in [-0.25, -0.2) is 9.78 Å². The predicted molar refractivity (Wildman–Crippen MR) is 97.3 cm³/mol. The van der Waals surface area contributed by atoms with Crippen molar-refractivity contribution >= 4 is 11.6 Å². The topological polar surface area (TPSA) is 69.8 Å². The summed E-state index contributed by atoms with van der Waals surface area (Å²) in [4.78, 5) is 33.5. The van der Waals surface area contributed by atoms with Crippen LogP contribution in [-0.4, -0.2) is 19.1 Å². The van der Waals surface area contributed by atoms with Gasteiger partial charge in [0.2, 0.25) is 0 Å². The normalized spacial score (nSPS) is 12.4. The third kappa shape index (κ3) is 3.49. The lowest BCUT2D eigenvalue weighted by molar-refractivity contribution is 0.464. The van der Waals surface area contributed by atoms with Crippen molar-refractivity contribution in [3.63, 3.8) is 0 Å². The van der Waals surface area contributed by atoms with E-state index in [0.29, 0.717) is 23.1 Å². The summed E-state index contributed by atoms with van der Waals surface area (Å²) in [6, 6.07) is 6.87. The van der Waals surface area contributed by atoms with E-state index in [2.05, 4.69) is 9.97 Å². The summed E-state index contributed by atoms with van der Waals surface area (Å²) in [7, 11) is 0. The predicted octanol–water partition coefficient (Wildman–Crippen LogP) is 2.97. The van der Waals surface area contributed by atoms with Crippen LogP contribution in [0.5, 0.6) is 0 Å². The van der Waals surface area contributed by atoms with Crippen molar-refractivity contribution in [2.45, 2.75) is 39.3 Å². The molecule has 0 bridgehead atoms. The standard InChI is InChI=1S/C18H19ClN4O2/c1-3-5-12(2)23-17(24)14-6-4-9-22(16(14)21-18(23)25)11-13-7-8-15(19)20-10-13/h4,6-10,12H,3,5,11H2,1-2H3. The van der Waals surface area contributed by atoms with Crippen molar-refractivity contribution in [1.29, 1.82) is 0 Å². The third-order valence-electron chi connectivity index (χ3n) is 4.19. The molecular weight excluding hydrogens is 340 g/mol. The Bertz CT molecular complexity index is 962. The minimum absolute atomic E-state index is 0.170. The van der Waals surface area contributed by atoms with Crippen LogP contribution in [0.3, 0.4) is 0 Å². The van der Waals surface area contributed by atoms with Crippen LogP contribution in [0.25, 0.3) is 11.4 Å². The van der Waals surface area contributed by atoms with Crippen LogP contribution in [0, 0.1) is 0 Å². The van der Waals surface area contributed by atoms with E-state index in [4.69, 9.17) is 11.6 Å². The van der Waals surface area contributed by atoms with Crippen molar-refractivity contribution < 1.29 is 0 Å². The van der Waals surface area contributed by atoms with E-state index < -0.39 is 5.69 Å². The molecule has 1 aromatic rings. The minimum Gasteiger partial charge on any atom is -0.328 e. The lowest BCUT2D eigenvalue weighted by atomic mass is 10.1. The second-order valence-electron chi connectivity index (χ2n) is 6.07. The molecule has 0 spiro atoms. The fraction of sp³-hybridized carbons (Fsp3) is 0.333. The quantitative estimate of drug-likeness (QED) is 0.657. The Balaban J connectivity index is 2.09. The highest BCUT2D eigenvalue weighted by Crippen LogP contribution is 2.17. The van der Waals surface area contributed by atoms with Gasteiger partial charge in [0.05, 0.1) is 12.1 Å². The third-order valence-corrected chi connectivity index (χ3v) is 4.41. The van der Waals surface area contributed by atoms with Gasteiger partial charge in [-0.1, -0.05) is 31.0 Å². The zero-order valence-corrected chi connectivity index (χ0v) is 14.9. The van der Waals surface area contributed by atoms with E-state index in [1.165, 1.54) is 4.57 Å². The van der Waals surface area contributed by atoms with Gasteiger partial charge in [0, 0.05) is 18.4 Å². The number of nitrogens with zero attached hydrogens (tertiary/aromatic N) is 4. The zero-order chi connectivity index (χ0) is 18.0. The maximum atomic E-state index is 12.8. The van der Waals surface area contributed by atoms with Crippen molar-refractivity contribution in [3.05, 3.63) is 68.2 Å². The van der Waals surface area contributed by atoms with Crippen LogP contribution in [0.4, 0.5) is 0 Å². The molecule has 6 nitrogen and oxygen atoms in total. The lowest BCUT2D eigenvalue weighted by Crippen LogP contribution is -2.39. The van der Waals surface area contributed by atoms with Gasteiger partial charge < -0.3 is 4.57 Å². The molecule has 0 fully saturated rings. The first-order valence-corrected chi connectivity index (χ1v) is 8.61. The molecule has 2 aliphatic rings. The molecule has 130 valence electrons. The van der Waals surface area contributed by atoms with E-state index >= 15 is 0 Å². The second kappa shape index (κ2) is 7.19. The highest BCUT2D eigenvalue weighted by molar-refractivity contribution is 6.29. The van der Waals surface area contributed by atoms with Crippen LogP contribution >= 0.6 is 11.6 Å². The van der Waals surface area contributed by atoms with E-state index in [1.807, 2.05) is 19.9 Å². The molecule has 25 heavy (non-hydrogen) atoms. The van der Waals surface area contributed by atoms with Crippen molar-refractivity contribution in [2.75, 3.05) is 0 Å². The summed E-state index contributed by atoms with van der Waals surface area (Å²) in [6.45, 7) is 4.34. The number of aromatic nitrogens is 4. The molecule has 0 saturated heterocycles. The minimum atomic E-state index is -0.507. The van der Waals surface area contributed by atoms with E-state index in [0.717, 1.165) is 18.4 Å². The number of hydrogen-bond donors (Lipinski definition) is 0. The molecule has 0 amide bonds. The van der Waals surface area contributed by atoms with Gasteiger partial charge in [-0.2, -0.15) is 4.98 Å². The lowest BCUT2D eigenvalue weighted by Gasteiger charge is -2.18. The molecule has 1 atom stereocenters. The first-order chi connectivity index (χ1) is 12.0. The summed E-state index contributed by atoms with van der Waals surface area (Å²) in [5.41, 5.74) is 0.541. The number of fused-ring (bicyclic) bond motifs is 1. The van der Waals surface area contributed by atoms with Crippen LogP contribution in [0.15, 0.2) is 46.2 Å². The van der Waals surface area contributed by atoms with Gasteiger partial charge in [-0.3, -0.25) is 9.36 Å². The summed E-state index contributed by atoms with van der Waals surface area (Å²) in [6.07, 6.45) is 5.11. The maximum Gasteiger partial charge on any atom is 0.352 e. The fourth-order valence-corrected chi connectivity index (χ4v) is 3.07. The van der Waals surface area contributed by atoms with E-state index in [9.17, 15) is 9.59 Å². The van der Waals surface area contributed by atoms with Crippen LogP contribution in [0.1, 0.15) is 38.3 Å². The van der Waals surface area contributed by atoms with E-state index in [-0.39, 0.29) is 11.6 Å². The van der Waals surface area contributed by atoms with Gasteiger partial charge in [0.1, 0.15) is 5.15 Å². The Morgan fingerprint density at radius 1 is 1.24 bits per heavy atom. The summed E-state index contributed by atoms with van der Waals surface area (Å²) in [5, 5.41) is 0.416. The molecule has 2 aliphatic heterocycles. The molecule has 7 heteroatoms. The van der Waals surface area contributed by atoms with Crippen LogP contribution < -0.4 is 11.2 Å². The Labute approximate surface area is 150 Å². The van der Waals surface area contributed by atoms with Gasteiger partial charge in [0.25, 0.3) is 5.56 Å². The first-order valence-electron chi connectivity index (χ1n) is 8.23. The summed E-state index contributed by atoms with van der Waals surface area (Å²) in [5.74, 6) is 0.382. The molecule has 3 heterocycles. The summed E-state index contributed by atoms with van der Waals surface area (Å²) >= 11 is 5.81. The van der Waals surface area contributed by atoms with Crippen molar-refractivity contribution in [3.8, 4) is 11.4 Å². The highest BCUT2D eigenvalue weighted by Gasteiger charge is 2.19. The molecule has 1 unspecified atom stereocenters. The second-order valence-corrected chi connectivity index (χ2v) is 6.46. The highest BCUT2D eigenvalue weighted by atomic mass is 35.5. The van der Waals surface area contributed by atoms with Gasteiger partial charge in [-0.05, 0) is 37.1 Å². The van der Waals surface area contributed by atoms with Gasteiger partial charge >= 0.3 is 5.69 Å². The van der Waals surface area contributed by atoms with Crippen molar-refractivity contribution in [1.82, 2.24) is 19.1 Å². The molecule has 1 aromatic heterocycles.